The first-order valence-electron chi connectivity index (χ1n) is 9.41. The number of carbonyl (C=O) groups is 1. The molecule has 3 aromatic rings. The number of allylic oxidation sites excluding steroid dienone is 1. The lowest BCUT2D eigenvalue weighted by atomic mass is 9.96. The highest BCUT2D eigenvalue weighted by atomic mass is 79.9. The number of thiazole rings is 1. The van der Waals surface area contributed by atoms with Gasteiger partial charge in [-0.3, -0.25) is 19.5 Å². The molecular weight excluding hydrogens is 498 g/mol. The first kappa shape index (κ1) is 21.8. The van der Waals surface area contributed by atoms with Gasteiger partial charge in [-0.1, -0.05) is 39.4 Å². The Labute approximate surface area is 194 Å². The van der Waals surface area contributed by atoms with Gasteiger partial charge in [0, 0.05) is 16.6 Å². The van der Waals surface area contributed by atoms with Crippen molar-refractivity contribution in [3.05, 3.63) is 105 Å². The molecule has 10 heteroatoms. The summed E-state index contributed by atoms with van der Waals surface area (Å²) in [6.07, 6.45) is 1.76. The highest BCUT2D eigenvalue weighted by Gasteiger charge is 2.33. The number of ether oxygens (including phenoxy) is 1. The fourth-order valence-electron chi connectivity index (χ4n) is 3.53. The monoisotopic (exact) mass is 513 g/mol. The topological polar surface area (TPSA) is 104 Å². The molecular formula is C22H16BrN3O5S. The predicted molar refractivity (Wildman–Crippen MR) is 123 cm³/mol. The van der Waals surface area contributed by atoms with Crippen LogP contribution in [-0.4, -0.2) is 22.6 Å². The van der Waals surface area contributed by atoms with Gasteiger partial charge < -0.3 is 4.74 Å². The van der Waals surface area contributed by atoms with Crippen molar-refractivity contribution in [3.63, 3.8) is 0 Å². The number of esters is 1. The van der Waals surface area contributed by atoms with Gasteiger partial charge in [-0.2, -0.15) is 0 Å². The van der Waals surface area contributed by atoms with Crippen LogP contribution in [0, 0.1) is 10.1 Å². The zero-order chi connectivity index (χ0) is 23.0. The minimum Gasteiger partial charge on any atom is -0.466 e. The van der Waals surface area contributed by atoms with Crippen molar-refractivity contribution in [1.82, 2.24) is 4.57 Å². The van der Waals surface area contributed by atoms with Gasteiger partial charge in [-0.25, -0.2) is 9.79 Å². The van der Waals surface area contributed by atoms with Gasteiger partial charge in [-0.15, -0.1) is 0 Å². The number of methoxy groups -OCH3 is 1. The van der Waals surface area contributed by atoms with E-state index in [2.05, 4.69) is 20.9 Å². The molecule has 0 saturated carbocycles. The molecule has 32 heavy (non-hydrogen) atoms. The molecule has 1 atom stereocenters. The van der Waals surface area contributed by atoms with Crippen molar-refractivity contribution in [3.8, 4) is 0 Å². The Bertz CT molecular complexity index is 1450. The van der Waals surface area contributed by atoms with Gasteiger partial charge in [0.1, 0.15) is 0 Å². The van der Waals surface area contributed by atoms with Gasteiger partial charge in [0.05, 0.1) is 33.9 Å². The van der Waals surface area contributed by atoms with Crippen LogP contribution in [0.1, 0.15) is 24.1 Å². The number of carbonyl (C=O) groups excluding carboxylic acids is 1. The van der Waals surface area contributed by atoms with Gasteiger partial charge >= 0.3 is 5.97 Å². The molecule has 0 N–H and O–H groups in total. The molecule has 0 radical (unpaired) electrons. The number of nitro groups is 1. The number of fused-ring (bicyclic) bond motifs is 1. The summed E-state index contributed by atoms with van der Waals surface area (Å²) < 4.78 is 7.73. The molecule has 0 fully saturated rings. The lowest BCUT2D eigenvalue weighted by Gasteiger charge is -2.24. The molecule has 4 rings (SSSR count). The molecule has 1 unspecified atom stereocenters. The first-order valence-corrected chi connectivity index (χ1v) is 11.0. The third kappa shape index (κ3) is 3.94. The van der Waals surface area contributed by atoms with Crippen LogP contribution in [0.5, 0.6) is 0 Å². The summed E-state index contributed by atoms with van der Waals surface area (Å²) in [5.74, 6) is -0.615. The van der Waals surface area contributed by atoms with E-state index in [0.29, 0.717) is 20.6 Å². The summed E-state index contributed by atoms with van der Waals surface area (Å²) in [6.45, 7) is 1.68. The third-order valence-electron chi connectivity index (χ3n) is 4.99. The number of nitrogens with zero attached hydrogens (tertiary/aromatic N) is 3. The number of aromatic nitrogens is 1. The van der Waals surface area contributed by atoms with Crippen molar-refractivity contribution >= 4 is 45.0 Å². The Kier molecular flexibility index (Phi) is 5.90. The van der Waals surface area contributed by atoms with E-state index in [9.17, 15) is 19.7 Å². The Morgan fingerprint density at radius 3 is 2.62 bits per heavy atom. The van der Waals surface area contributed by atoms with E-state index >= 15 is 0 Å². The van der Waals surface area contributed by atoms with Gasteiger partial charge in [-0.05, 0) is 48.4 Å². The van der Waals surface area contributed by atoms with Crippen molar-refractivity contribution in [1.29, 1.82) is 0 Å². The van der Waals surface area contributed by atoms with Gasteiger partial charge in [0.15, 0.2) is 4.80 Å². The van der Waals surface area contributed by atoms with Crippen LogP contribution in [0.3, 0.4) is 0 Å². The van der Waals surface area contributed by atoms with Crippen LogP contribution in [0.2, 0.25) is 0 Å². The summed E-state index contributed by atoms with van der Waals surface area (Å²) in [6, 6.07) is 12.5. The maximum Gasteiger partial charge on any atom is 0.338 e. The van der Waals surface area contributed by atoms with E-state index in [1.807, 2.05) is 24.3 Å². The molecule has 1 aromatic heterocycles. The Morgan fingerprint density at radius 1 is 1.28 bits per heavy atom. The number of halogens is 1. The smallest absolute Gasteiger partial charge is 0.338 e. The van der Waals surface area contributed by atoms with Crippen LogP contribution in [0.4, 0.5) is 5.69 Å². The summed E-state index contributed by atoms with van der Waals surface area (Å²) in [5.41, 5.74) is 1.61. The molecule has 2 heterocycles. The summed E-state index contributed by atoms with van der Waals surface area (Å²) in [5, 5.41) is 11.1. The fraction of sp³-hybridized carbons (Fsp3) is 0.136. The third-order valence-corrected chi connectivity index (χ3v) is 6.47. The molecule has 0 aliphatic carbocycles. The second-order valence-corrected chi connectivity index (χ2v) is 8.90. The zero-order valence-electron chi connectivity index (χ0n) is 16.9. The molecule has 8 nitrogen and oxygen atoms in total. The minimum absolute atomic E-state index is 0.0869. The maximum atomic E-state index is 13.4. The van der Waals surface area contributed by atoms with Crippen molar-refractivity contribution in [2.24, 2.45) is 4.99 Å². The Balaban J connectivity index is 1.96. The van der Waals surface area contributed by atoms with Crippen molar-refractivity contribution in [2.45, 2.75) is 13.0 Å². The lowest BCUT2D eigenvalue weighted by Crippen LogP contribution is -2.39. The highest BCUT2D eigenvalue weighted by molar-refractivity contribution is 9.10. The fourth-order valence-corrected chi connectivity index (χ4v) is 5.00. The Hall–Kier alpha value is -3.37. The number of hydrogen-bond donors (Lipinski definition) is 0. The Morgan fingerprint density at radius 2 is 2.00 bits per heavy atom. The van der Waals surface area contributed by atoms with E-state index in [1.54, 1.807) is 13.0 Å². The minimum atomic E-state index is -0.816. The van der Waals surface area contributed by atoms with E-state index in [1.165, 1.54) is 47.3 Å². The molecule has 162 valence electrons. The average Bonchev–Trinajstić information content (AvgIpc) is 3.07. The number of hydrogen-bond acceptors (Lipinski definition) is 7. The molecule has 1 aliphatic heterocycles. The van der Waals surface area contributed by atoms with E-state index in [-0.39, 0.29) is 16.8 Å². The van der Waals surface area contributed by atoms with Gasteiger partial charge in [0.2, 0.25) is 0 Å². The number of non-ortho nitro benzene ring substituents is 1. The van der Waals surface area contributed by atoms with Crippen molar-refractivity contribution < 1.29 is 14.5 Å². The normalized spacial score (nSPS) is 15.8. The maximum absolute atomic E-state index is 13.4. The van der Waals surface area contributed by atoms with Crippen LogP contribution >= 0.6 is 27.3 Å². The van der Waals surface area contributed by atoms with Crippen molar-refractivity contribution in [2.75, 3.05) is 7.11 Å². The largest absolute Gasteiger partial charge is 0.466 e. The second-order valence-electron chi connectivity index (χ2n) is 6.98. The van der Waals surface area contributed by atoms with E-state index < -0.39 is 16.9 Å². The first-order chi connectivity index (χ1) is 15.3. The van der Waals surface area contributed by atoms with E-state index in [0.717, 1.165) is 10.0 Å². The standard InChI is InChI=1S/C22H16BrN3O5S/c1-12-18(21(28)31-2)19(14-6-8-16(9-7-14)26(29)30)25-20(27)17(32-22(25)24-12)11-13-4-3-5-15(23)10-13/h3-11,19H,1-2H3. The van der Waals surface area contributed by atoms with Crippen LogP contribution in [0.15, 0.2) is 74.1 Å². The summed E-state index contributed by atoms with van der Waals surface area (Å²) in [4.78, 5) is 41.5. The molecule has 0 amide bonds. The number of rotatable bonds is 4. The molecule has 1 aliphatic rings. The zero-order valence-corrected chi connectivity index (χ0v) is 19.3. The number of nitro benzene ring substituents is 1. The second kappa shape index (κ2) is 8.64. The van der Waals surface area contributed by atoms with Crippen LogP contribution in [-0.2, 0) is 9.53 Å². The van der Waals surface area contributed by atoms with Crippen LogP contribution < -0.4 is 14.9 Å². The average molecular weight is 514 g/mol. The summed E-state index contributed by atoms with van der Waals surface area (Å²) in [7, 11) is 1.26. The highest BCUT2D eigenvalue weighted by Crippen LogP contribution is 2.31. The van der Waals surface area contributed by atoms with Gasteiger partial charge in [0.25, 0.3) is 11.2 Å². The molecule has 0 bridgehead atoms. The lowest BCUT2D eigenvalue weighted by molar-refractivity contribution is -0.384. The summed E-state index contributed by atoms with van der Waals surface area (Å²) >= 11 is 4.63. The SMILES string of the molecule is COC(=O)C1=C(C)N=c2sc(=Cc3cccc(Br)c3)c(=O)n2C1c1ccc([N+](=O)[O-])cc1. The van der Waals surface area contributed by atoms with Crippen LogP contribution in [0.25, 0.3) is 6.08 Å². The quantitative estimate of drug-likeness (QED) is 0.303. The molecule has 0 spiro atoms. The molecule has 0 saturated heterocycles. The molecule has 2 aromatic carbocycles. The van der Waals surface area contributed by atoms with E-state index in [4.69, 9.17) is 4.74 Å². The number of benzene rings is 2. The predicted octanol–water partition coefficient (Wildman–Crippen LogP) is 3.08.